The maximum Gasteiger partial charge on any atom is 0.193 e. The molecule has 1 aliphatic heterocycles. The van der Waals surface area contributed by atoms with Crippen LogP contribution in [0.3, 0.4) is 0 Å². The summed E-state index contributed by atoms with van der Waals surface area (Å²) in [6.07, 6.45) is 1.25. The number of rotatable bonds is 5. The van der Waals surface area contributed by atoms with Gasteiger partial charge in [-0.2, -0.15) is 0 Å². The molecule has 4 heteroatoms. The highest BCUT2D eigenvalue weighted by molar-refractivity contribution is 5.80. The average Bonchev–Trinajstić information content (AvgIpc) is 2.68. The fourth-order valence-electron chi connectivity index (χ4n) is 3.03. The van der Waals surface area contributed by atoms with Crippen molar-refractivity contribution in [3.63, 3.8) is 0 Å². The fourth-order valence-corrected chi connectivity index (χ4v) is 3.03. The zero-order valence-electron chi connectivity index (χ0n) is 14.5. The second-order valence-corrected chi connectivity index (χ2v) is 7.24. The fraction of sp³-hybridized carbons (Fsp3) is 0.938. The molecule has 0 amide bonds. The summed E-state index contributed by atoms with van der Waals surface area (Å²) >= 11 is 0. The van der Waals surface area contributed by atoms with Crippen LogP contribution in [0, 0.1) is 5.41 Å². The second-order valence-electron chi connectivity index (χ2n) is 7.24. The van der Waals surface area contributed by atoms with Crippen LogP contribution in [-0.2, 0) is 0 Å². The molecule has 1 rings (SSSR count). The number of hydrogen-bond donors (Lipinski definition) is 1. The number of guanidine groups is 1. The van der Waals surface area contributed by atoms with Crippen molar-refractivity contribution in [1.29, 1.82) is 0 Å². The van der Waals surface area contributed by atoms with Crippen molar-refractivity contribution >= 4 is 5.96 Å². The molecule has 0 radical (unpaired) electrons. The van der Waals surface area contributed by atoms with Crippen molar-refractivity contribution < 1.29 is 0 Å². The number of likely N-dealkylation sites (tertiary alicyclic amines) is 1. The number of nitrogens with one attached hydrogen (secondary N) is 1. The highest BCUT2D eigenvalue weighted by Gasteiger charge is 2.30. The van der Waals surface area contributed by atoms with Crippen LogP contribution in [0.15, 0.2) is 4.99 Å². The van der Waals surface area contributed by atoms with Gasteiger partial charge in [-0.25, -0.2) is 0 Å². The van der Waals surface area contributed by atoms with E-state index in [0.717, 1.165) is 32.1 Å². The first-order valence-corrected chi connectivity index (χ1v) is 7.98. The standard InChI is InChI=1S/C16H34N4/c1-13(2)20(14(3)4)11-9-18-15(17-7)19-10-8-16(5,6)12-19/h13-14H,8-12H2,1-7H3,(H,17,18). The van der Waals surface area contributed by atoms with E-state index in [-0.39, 0.29) is 0 Å². The van der Waals surface area contributed by atoms with Crippen molar-refractivity contribution in [2.24, 2.45) is 10.4 Å². The Hall–Kier alpha value is -0.770. The summed E-state index contributed by atoms with van der Waals surface area (Å²) < 4.78 is 0. The van der Waals surface area contributed by atoms with Gasteiger partial charge in [-0.05, 0) is 39.5 Å². The van der Waals surface area contributed by atoms with Crippen LogP contribution in [0.25, 0.3) is 0 Å². The minimum atomic E-state index is 0.416. The summed E-state index contributed by atoms with van der Waals surface area (Å²) in [5.41, 5.74) is 0.416. The molecule has 0 aromatic rings. The van der Waals surface area contributed by atoms with Gasteiger partial charge < -0.3 is 10.2 Å². The van der Waals surface area contributed by atoms with E-state index in [9.17, 15) is 0 Å². The van der Waals surface area contributed by atoms with Crippen LogP contribution in [0.2, 0.25) is 0 Å². The van der Waals surface area contributed by atoms with E-state index in [0.29, 0.717) is 17.5 Å². The molecule has 1 N–H and O–H groups in total. The van der Waals surface area contributed by atoms with Crippen LogP contribution in [0.4, 0.5) is 0 Å². The molecule has 1 heterocycles. The molecule has 0 spiro atoms. The summed E-state index contributed by atoms with van der Waals surface area (Å²) in [6.45, 7) is 17.9. The molecule has 20 heavy (non-hydrogen) atoms. The molecule has 0 aromatic heterocycles. The van der Waals surface area contributed by atoms with E-state index in [4.69, 9.17) is 0 Å². The molecule has 1 saturated heterocycles. The molecular weight excluding hydrogens is 248 g/mol. The topological polar surface area (TPSA) is 30.9 Å². The first kappa shape index (κ1) is 17.3. The quantitative estimate of drug-likeness (QED) is 0.620. The Kier molecular flexibility index (Phi) is 6.31. The van der Waals surface area contributed by atoms with Crippen molar-refractivity contribution in [2.75, 3.05) is 33.2 Å². The largest absolute Gasteiger partial charge is 0.355 e. The molecular formula is C16H34N4. The number of nitrogens with zero attached hydrogens (tertiary/aromatic N) is 3. The molecule has 1 fully saturated rings. The monoisotopic (exact) mass is 282 g/mol. The van der Waals surface area contributed by atoms with E-state index >= 15 is 0 Å². The van der Waals surface area contributed by atoms with Crippen LogP contribution in [0.5, 0.6) is 0 Å². The van der Waals surface area contributed by atoms with Crippen LogP contribution < -0.4 is 5.32 Å². The molecule has 0 unspecified atom stereocenters. The highest BCUT2D eigenvalue weighted by Crippen LogP contribution is 2.28. The lowest BCUT2D eigenvalue weighted by Crippen LogP contribution is -2.46. The minimum Gasteiger partial charge on any atom is -0.355 e. The summed E-state index contributed by atoms with van der Waals surface area (Å²) in [5, 5.41) is 3.52. The Morgan fingerprint density at radius 2 is 1.85 bits per heavy atom. The normalized spacial score (nSPS) is 19.5. The Morgan fingerprint density at radius 3 is 2.25 bits per heavy atom. The third-order valence-electron chi connectivity index (χ3n) is 4.17. The lowest BCUT2D eigenvalue weighted by molar-refractivity contribution is 0.178. The van der Waals surface area contributed by atoms with E-state index < -0.39 is 0 Å². The van der Waals surface area contributed by atoms with Crippen molar-refractivity contribution in [2.45, 2.75) is 60.0 Å². The maximum atomic E-state index is 4.44. The number of hydrogen-bond acceptors (Lipinski definition) is 2. The van der Waals surface area contributed by atoms with Crippen molar-refractivity contribution in [1.82, 2.24) is 15.1 Å². The van der Waals surface area contributed by atoms with Gasteiger partial charge in [-0.15, -0.1) is 0 Å². The Balaban J connectivity index is 2.43. The zero-order valence-corrected chi connectivity index (χ0v) is 14.5. The predicted molar refractivity (Wildman–Crippen MR) is 88.3 cm³/mol. The predicted octanol–water partition coefficient (Wildman–Crippen LogP) is 2.41. The first-order valence-electron chi connectivity index (χ1n) is 7.98. The lowest BCUT2D eigenvalue weighted by atomic mass is 9.93. The first-order chi connectivity index (χ1) is 9.26. The summed E-state index contributed by atoms with van der Waals surface area (Å²) in [7, 11) is 1.89. The van der Waals surface area contributed by atoms with E-state index in [1.807, 2.05) is 7.05 Å². The Morgan fingerprint density at radius 1 is 1.25 bits per heavy atom. The van der Waals surface area contributed by atoms with Gasteiger partial charge in [-0.3, -0.25) is 9.89 Å². The van der Waals surface area contributed by atoms with E-state index in [1.54, 1.807) is 0 Å². The summed E-state index contributed by atoms with van der Waals surface area (Å²) in [5.74, 6) is 1.06. The second kappa shape index (κ2) is 7.30. The maximum absolute atomic E-state index is 4.44. The van der Waals surface area contributed by atoms with Gasteiger partial charge in [0.05, 0.1) is 0 Å². The van der Waals surface area contributed by atoms with Crippen LogP contribution >= 0.6 is 0 Å². The molecule has 4 nitrogen and oxygen atoms in total. The van der Waals surface area contributed by atoms with Crippen LogP contribution in [-0.4, -0.2) is 61.1 Å². The SMILES string of the molecule is CN=C(NCCN(C(C)C)C(C)C)N1CCC(C)(C)C1. The van der Waals surface area contributed by atoms with Gasteiger partial charge in [0, 0.05) is 45.3 Å². The lowest BCUT2D eigenvalue weighted by Gasteiger charge is -2.31. The third-order valence-corrected chi connectivity index (χ3v) is 4.17. The molecule has 0 aromatic carbocycles. The Labute approximate surface area is 125 Å². The number of aliphatic imine (C=N–C) groups is 1. The molecule has 118 valence electrons. The Bertz CT molecular complexity index is 312. The van der Waals surface area contributed by atoms with Gasteiger partial charge in [0.25, 0.3) is 0 Å². The highest BCUT2D eigenvalue weighted by atomic mass is 15.3. The smallest absolute Gasteiger partial charge is 0.193 e. The summed E-state index contributed by atoms with van der Waals surface area (Å²) in [4.78, 5) is 9.33. The van der Waals surface area contributed by atoms with Gasteiger partial charge >= 0.3 is 0 Å². The minimum absolute atomic E-state index is 0.416. The third kappa shape index (κ3) is 4.97. The van der Waals surface area contributed by atoms with Gasteiger partial charge in [0.2, 0.25) is 0 Å². The molecule has 0 aliphatic carbocycles. The molecule has 1 aliphatic rings. The van der Waals surface area contributed by atoms with Gasteiger partial charge in [-0.1, -0.05) is 13.8 Å². The summed E-state index contributed by atoms with van der Waals surface area (Å²) in [6, 6.07) is 1.18. The van der Waals surface area contributed by atoms with Gasteiger partial charge in [0.1, 0.15) is 0 Å². The zero-order chi connectivity index (χ0) is 15.3. The van der Waals surface area contributed by atoms with E-state index in [1.165, 1.54) is 6.42 Å². The van der Waals surface area contributed by atoms with Crippen molar-refractivity contribution in [3.8, 4) is 0 Å². The molecule has 0 atom stereocenters. The molecule has 0 saturated carbocycles. The average molecular weight is 282 g/mol. The van der Waals surface area contributed by atoms with E-state index in [2.05, 4.69) is 61.7 Å². The molecule has 0 bridgehead atoms. The van der Waals surface area contributed by atoms with Gasteiger partial charge in [0.15, 0.2) is 5.96 Å². The van der Waals surface area contributed by atoms with Crippen molar-refractivity contribution in [3.05, 3.63) is 0 Å². The van der Waals surface area contributed by atoms with Crippen LogP contribution in [0.1, 0.15) is 48.0 Å².